The topological polar surface area (TPSA) is 63.9 Å². The molecule has 0 amide bonds. The first-order valence-electron chi connectivity index (χ1n) is 4.86. The number of aromatic amines is 1. The molecule has 0 radical (unpaired) electrons. The molecule has 0 bridgehead atoms. The third-order valence-electron chi connectivity index (χ3n) is 2.16. The standard InChI is InChI=1S/C10H10F3N3O/c11-10(12,13)5-17-8-1-2-15-9-7(8)3-6(4-14)16-9/h1-3H,4-5,14H2,(H,15,16). The Bertz CT molecular complexity index is 521. The van der Waals surface area contributed by atoms with E-state index >= 15 is 0 Å². The van der Waals surface area contributed by atoms with Gasteiger partial charge in [-0.25, -0.2) is 4.98 Å². The molecule has 17 heavy (non-hydrogen) atoms. The zero-order valence-corrected chi connectivity index (χ0v) is 8.71. The normalized spacial score (nSPS) is 12.0. The smallest absolute Gasteiger partial charge is 0.422 e. The first-order chi connectivity index (χ1) is 7.99. The maximum Gasteiger partial charge on any atom is 0.422 e. The van der Waals surface area contributed by atoms with Crippen LogP contribution in [0.25, 0.3) is 11.0 Å². The molecule has 0 saturated carbocycles. The summed E-state index contributed by atoms with van der Waals surface area (Å²) in [4.78, 5) is 6.87. The summed E-state index contributed by atoms with van der Waals surface area (Å²) in [5, 5.41) is 0.497. The number of nitrogens with one attached hydrogen (secondary N) is 1. The van der Waals surface area contributed by atoms with Gasteiger partial charge in [0.1, 0.15) is 11.4 Å². The second-order valence-electron chi connectivity index (χ2n) is 3.47. The first kappa shape index (κ1) is 11.7. The summed E-state index contributed by atoms with van der Waals surface area (Å²) < 4.78 is 40.8. The lowest BCUT2D eigenvalue weighted by Crippen LogP contribution is -2.19. The van der Waals surface area contributed by atoms with Crippen molar-refractivity contribution in [1.82, 2.24) is 9.97 Å². The highest BCUT2D eigenvalue weighted by molar-refractivity contribution is 5.83. The molecule has 0 aliphatic heterocycles. The molecule has 2 heterocycles. The van der Waals surface area contributed by atoms with Crippen molar-refractivity contribution < 1.29 is 17.9 Å². The van der Waals surface area contributed by atoms with Gasteiger partial charge in [0.2, 0.25) is 0 Å². The Balaban J connectivity index is 2.30. The second kappa shape index (κ2) is 4.25. The summed E-state index contributed by atoms with van der Waals surface area (Å²) in [5.41, 5.74) is 6.58. The van der Waals surface area contributed by atoms with Crippen molar-refractivity contribution in [3.63, 3.8) is 0 Å². The van der Waals surface area contributed by atoms with Crippen LogP contribution in [0.3, 0.4) is 0 Å². The van der Waals surface area contributed by atoms with E-state index in [0.717, 1.165) is 0 Å². The zero-order valence-electron chi connectivity index (χ0n) is 8.71. The van der Waals surface area contributed by atoms with Crippen molar-refractivity contribution in [2.24, 2.45) is 5.73 Å². The molecule has 0 aliphatic rings. The van der Waals surface area contributed by atoms with Crippen LogP contribution < -0.4 is 10.5 Å². The average molecular weight is 245 g/mol. The molecule has 0 spiro atoms. The van der Waals surface area contributed by atoms with E-state index in [4.69, 9.17) is 10.5 Å². The van der Waals surface area contributed by atoms with Gasteiger partial charge < -0.3 is 15.5 Å². The van der Waals surface area contributed by atoms with Gasteiger partial charge in [-0.3, -0.25) is 0 Å². The van der Waals surface area contributed by atoms with Gasteiger partial charge in [0, 0.05) is 18.4 Å². The molecule has 0 aliphatic carbocycles. The number of ether oxygens (including phenoxy) is 1. The summed E-state index contributed by atoms with van der Waals surface area (Å²) in [6.45, 7) is -1.07. The molecule has 2 rings (SSSR count). The van der Waals surface area contributed by atoms with Gasteiger partial charge in [-0.05, 0) is 12.1 Å². The zero-order chi connectivity index (χ0) is 12.5. The summed E-state index contributed by atoms with van der Waals surface area (Å²) in [6.07, 6.45) is -2.98. The number of halogens is 3. The van der Waals surface area contributed by atoms with Crippen LogP contribution >= 0.6 is 0 Å². The minimum Gasteiger partial charge on any atom is -0.483 e. The third-order valence-corrected chi connectivity index (χ3v) is 2.16. The van der Waals surface area contributed by atoms with E-state index in [-0.39, 0.29) is 12.3 Å². The second-order valence-corrected chi connectivity index (χ2v) is 3.47. The minimum atomic E-state index is -4.36. The summed E-state index contributed by atoms with van der Waals surface area (Å²) in [7, 11) is 0. The molecule has 7 heteroatoms. The van der Waals surface area contributed by atoms with Gasteiger partial charge in [-0.2, -0.15) is 13.2 Å². The van der Waals surface area contributed by atoms with Gasteiger partial charge in [0.15, 0.2) is 6.61 Å². The Morgan fingerprint density at radius 3 is 2.82 bits per heavy atom. The van der Waals surface area contributed by atoms with Crippen molar-refractivity contribution >= 4 is 11.0 Å². The maximum absolute atomic E-state index is 12.0. The Morgan fingerprint density at radius 1 is 1.41 bits per heavy atom. The van der Waals surface area contributed by atoms with Crippen LogP contribution in [0.4, 0.5) is 13.2 Å². The van der Waals surface area contributed by atoms with Crippen LogP contribution in [-0.2, 0) is 6.54 Å². The van der Waals surface area contributed by atoms with Crippen LogP contribution in [0.1, 0.15) is 5.69 Å². The highest BCUT2D eigenvalue weighted by atomic mass is 19.4. The molecule has 0 unspecified atom stereocenters. The quantitative estimate of drug-likeness (QED) is 0.868. The molecule has 2 aromatic rings. The van der Waals surface area contributed by atoms with Gasteiger partial charge in [-0.15, -0.1) is 0 Å². The largest absolute Gasteiger partial charge is 0.483 e. The molecule has 0 fully saturated rings. The van der Waals surface area contributed by atoms with Gasteiger partial charge >= 0.3 is 6.18 Å². The molecular formula is C10H10F3N3O. The number of hydrogen-bond acceptors (Lipinski definition) is 3. The fraction of sp³-hybridized carbons (Fsp3) is 0.300. The molecule has 4 nitrogen and oxygen atoms in total. The molecule has 0 saturated heterocycles. The highest BCUT2D eigenvalue weighted by Gasteiger charge is 2.28. The van der Waals surface area contributed by atoms with Crippen LogP contribution in [0, 0.1) is 0 Å². The SMILES string of the molecule is NCc1cc2c(OCC(F)(F)F)ccnc2[nH]1. The number of alkyl halides is 3. The molecule has 0 atom stereocenters. The fourth-order valence-corrected chi connectivity index (χ4v) is 1.45. The average Bonchev–Trinajstić information content (AvgIpc) is 2.68. The van der Waals surface area contributed by atoms with Gasteiger partial charge in [0.05, 0.1) is 5.39 Å². The van der Waals surface area contributed by atoms with Crippen molar-refractivity contribution in [1.29, 1.82) is 0 Å². The fourth-order valence-electron chi connectivity index (χ4n) is 1.45. The predicted molar refractivity (Wildman–Crippen MR) is 55.5 cm³/mol. The highest BCUT2D eigenvalue weighted by Crippen LogP contribution is 2.26. The van der Waals surface area contributed by atoms with Crippen molar-refractivity contribution in [2.45, 2.75) is 12.7 Å². The maximum atomic E-state index is 12.0. The van der Waals surface area contributed by atoms with Gasteiger partial charge in [-0.1, -0.05) is 0 Å². The molecule has 2 aromatic heterocycles. The predicted octanol–water partition coefficient (Wildman–Crippen LogP) is 1.96. The van der Waals surface area contributed by atoms with Crippen molar-refractivity contribution in [3.8, 4) is 5.75 Å². The number of nitrogens with two attached hydrogens (primary N) is 1. The van der Waals surface area contributed by atoms with Crippen LogP contribution in [0.5, 0.6) is 5.75 Å². The molecule has 92 valence electrons. The van der Waals surface area contributed by atoms with Crippen molar-refractivity contribution in [3.05, 3.63) is 24.0 Å². The number of pyridine rings is 1. The lowest BCUT2D eigenvalue weighted by atomic mass is 10.3. The summed E-state index contributed by atoms with van der Waals surface area (Å²) >= 11 is 0. The number of hydrogen-bond donors (Lipinski definition) is 2. The van der Waals surface area contributed by atoms with E-state index in [1.807, 2.05) is 0 Å². The Kier molecular flexibility index (Phi) is 2.93. The Morgan fingerprint density at radius 2 is 2.18 bits per heavy atom. The van der Waals surface area contributed by atoms with E-state index < -0.39 is 12.8 Å². The first-order valence-corrected chi connectivity index (χ1v) is 4.86. The molecule has 0 aromatic carbocycles. The summed E-state index contributed by atoms with van der Waals surface area (Å²) in [5.74, 6) is 0.142. The lowest BCUT2D eigenvalue weighted by Gasteiger charge is -2.09. The number of nitrogens with zero attached hydrogens (tertiary/aromatic N) is 1. The van der Waals surface area contributed by atoms with E-state index in [2.05, 4.69) is 9.97 Å². The summed E-state index contributed by atoms with van der Waals surface area (Å²) in [6, 6.07) is 3.02. The molecule has 3 N–H and O–H groups in total. The van der Waals surface area contributed by atoms with Gasteiger partial charge in [0.25, 0.3) is 0 Å². The number of aromatic nitrogens is 2. The third kappa shape index (κ3) is 2.68. The minimum absolute atomic E-state index is 0.142. The van der Waals surface area contributed by atoms with E-state index in [1.165, 1.54) is 12.3 Å². The van der Waals surface area contributed by atoms with Crippen LogP contribution in [-0.4, -0.2) is 22.8 Å². The Hall–Kier alpha value is -1.76. The van der Waals surface area contributed by atoms with E-state index in [9.17, 15) is 13.2 Å². The molecular weight excluding hydrogens is 235 g/mol. The van der Waals surface area contributed by atoms with Crippen molar-refractivity contribution in [2.75, 3.05) is 6.61 Å². The monoisotopic (exact) mass is 245 g/mol. The van der Waals surface area contributed by atoms with E-state index in [1.54, 1.807) is 6.07 Å². The van der Waals surface area contributed by atoms with E-state index in [0.29, 0.717) is 16.7 Å². The number of rotatable bonds is 3. The number of H-pyrrole nitrogens is 1. The van der Waals surface area contributed by atoms with Crippen LogP contribution in [0.15, 0.2) is 18.3 Å². The van der Waals surface area contributed by atoms with Crippen LogP contribution in [0.2, 0.25) is 0 Å². The lowest BCUT2D eigenvalue weighted by molar-refractivity contribution is -0.153. The number of fused-ring (bicyclic) bond motifs is 1. The Labute approximate surface area is 94.6 Å².